The lowest BCUT2D eigenvalue weighted by Crippen LogP contribution is -2.45. The first-order valence-electron chi connectivity index (χ1n) is 13.5. The summed E-state index contributed by atoms with van der Waals surface area (Å²) in [6.07, 6.45) is 0.537. The predicted octanol–water partition coefficient (Wildman–Crippen LogP) is 3.56. The van der Waals surface area contributed by atoms with Crippen molar-refractivity contribution in [1.82, 2.24) is 19.9 Å². The second kappa shape index (κ2) is 11.4. The highest BCUT2D eigenvalue weighted by Gasteiger charge is 2.37. The van der Waals surface area contributed by atoms with Gasteiger partial charge in [0.05, 0.1) is 37.1 Å². The number of benzene rings is 1. The summed E-state index contributed by atoms with van der Waals surface area (Å²) < 4.78 is 55.1. The normalized spacial score (nSPS) is 23.1. The Bertz CT molecular complexity index is 1450. The van der Waals surface area contributed by atoms with Crippen molar-refractivity contribution in [2.75, 3.05) is 31.7 Å². The maximum atomic E-state index is 15.0. The van der Waals surface area contributed by atoms with Crippen LogP contribution in [0.4, 0.5) is 19.1 Å². The maximum absolute atomic E-state index is 15.0. The number of fused-ring (bicyclic) bond motifs is 1. The zero-order valence-corrected chi connectivity index (χ0v) is 22.7. The van der Waals surface area contributed by atoms with Gasteiger partial charge < -0.3 is 29.8 Å². The highest BCUT2D eigenvalue weighted by atomic mass is 19.3. The number of alkyl halides is 2. The molecule has 3 aromatic rings. The lowest BCUT2D eigenvalue weighted by Gasteiger charge is -2.31. The zero-order chi connectivity index (χ0) is 28.6. The summed E-state index contributed by atoms with van der Waals surface area (Å²) in [4.78, 5) is 21.8. The number of halogens is 3. The van der Waals surface area contributed by atoms with Crippen LogP contribution in [0.3, 0.4) is 0 Å². The van der Waals surface area contributed by atoms with E-state index in [2.05, 4.69) is 20.6 Å². The Morgan fingerprint density at radius 2 is 2.05 bits per heavy atom. The Balaban J connectivity index is 1.52. The molecule has 2 fully saturated rings. The van der Waals surface area contributed by atoms with Crippen LogP contribution in [0.25, 0.3) is 22.2 Å². The molecule has 0 amide bonds. The van der Waals surface area contributed by atoms with E-state index in [0.717, 1.165) is 6.20 Å². The number of aliphatic hydroxyl groups excluding tert-OH is 1. The topological polar surface area (TPSA) is 111 Å². The van der Waals surface area contributed by atoms with Crippen LogP contribution in [0.2, 0.25) is 0 Å². The molecule has 4 heterocycles. The number of hydrogen-bond acceptors (Lipinski definition) is 8. The maximum Gasteiger partial charge on any atom is 0.272 e. The first-order chi connectivity index (χ1) is 19.0. The van der Waals surface area contributed by atoms with Crippen molar-refractivity contribution < 1.29 is 27.8 Å². The molecule has 2 aliphatic heterocycles. The van der Waals surface area contributed by atoms with Gasteiger partial charge >= 0.3 is 0 Å². The first kappa shape index (κ1) is 28.5. The third-order valence-electron chi connectivity index (χ3n) is 7.48. The molecule has 3 atom stereocenters. The van der Waals surface area contributed by atoms with Crippen molar-refractivity contribution in [1.29, 1.82) is 0 Å². The molecule has 2 aliphatic rings. The summed E-state index contributed by atoms with van der Waals surface area (Å²) in [7, 11) is 0. The molecule has 2 aromatic heterocycles. The molecule has 1 unspecified atom stereocenters. The Morgan fingerprint density at radius 1 is 1.25 bits per heavy atom. The number of rotatable bonds is 7. The molecule has 40 heavy (non-hydrogen) atoms. The minimum Gasteiger partial charge on any atom is -0.389 e. The molecule has 216 valence electrons. The van der Waals surface area contributed by atoms with Crippen LogP contribution in [0.5, 0.6) is 0 Å². The zero-order valence-electron chi connectivity index (χ0n) is 22.7. The molecule has 12 heteroatoms. The highest BCUT2D eigenvalue weighted by Crippen LogP contribution is 2.29. The first-order valence-corrected chi connectivity index (χ1v) is 13.5. The number of hydrogen-bond donors (Lipinski definition) is 3. The van der Waals surface area contributed by atoms with Crippen molar-refractivity contribution in [3.8, 4) is 11.3 Å². The Labute approximate surface area is 229 Å². The Morgan fingerprint density at radius 3 is 2.77 bits per heavy atom. The summed E-state index contributed by atoms with van der Waals surface area (Å²) >= 11 is 0. The minimum absolute atomic E-state index is 0.0468. The fourth-order valence-corrected chi connectivity index (χ4v) is 5.43. The van der Waals surface area contributed by atoms with Crippen LogP contribution in [0.15, 0.2) is 29.2 Å². The van der Waals surface area contributed by atoms with Gasteiger partial charge in [-0.2, -0.15) is 0 Å². The van der Waals surface area contributed by atoms with Gasteiger partial charge in [0.25, 0.3) is 5.92 Å². The number of aliphatic hydroxyl groups is 1. The van der Waals surface area contributed by atoms with Crippen LogP contribution in [-0.4, -0.2) is 70.2 Å². The van der Waals surface area contributed by atoms with E-state index in [4.69, 9.17) is 9.47 Å². The number of ether oxygens (including phenoxy) is 2. The summed E-state index contributed by atoms with van der Waals surface area (Å²) in [6, 6.07) is 4.03. The van der Waals surface area contributed by atoms with E-state index in [1.165, 1.54) is 0 Å². The molecule has 9 nitrogen and oxygen atoms in total. The average Bonchev–Trinajstić information content (AvgIpc) is 2.91. The lowest BCUT2D eigenvalue weighted by molar-refractivity contribution is -0.125. The van der Waals surface area contributed by atoms with Crippen LogP contribution in [-0.2, 0) is 16.0 Å². The van der Waals surface area contributed by atoms with Crippen LogP contribution in [0.1, 0.15) is 44.0 Å². The van der Waals surface area contributed by atoms with E-state index in [1.807, 2.05) is 18.4 Å². The number of aromatic nitrogens is 3. The van der Waals surface area contributed by atoms with Gasteiger partial charge in [-0.25, -0.2) is 23.1 Å². The molecule has 3 N–H and O–H groups in total. The number of nitrogens with one attached hydrogen (secondary N) is 2. The molecule has 0 bridgehead atoms. The van der Waals surface area contributed by atoms with Crippen molar-refractivity contribution in [2.45, 2.75) is 70.3 Å². The van der Waals surface area contributed by atoms with Crippen molar-refractivity contribution in [3.63, 3.8) is 0 Å². The fraction of sp³-hybridized carbons (Fsp3) is 0.536. The molecule has 0 saturated carbocycles. The summed E-state index contributed by atoms with van der Waals surface area (Å²) in [5, 5.41) is 16.9. The smallest absolute Gasteiger partial charge is 0.272 e. The second-order valence-corrected chi connectivity index (χ2v) is 10.8. The minimum atomic E-state index is -2.90. The van der Waals surface area contributed by atoms with Gasteiger partial charge in [-0.05, 0) is 39.3 Å². The third-order valence-corrected chi connectivity index (χ3v) is 7.48. The van der Waals surface area contributed by atoms with E-state index in [0.29, 0.717) is 40.8 Å². The molecule has 0 spiro atoms. The van der Waals surface area contributed by atoms with Gasteiger partial charge in [0.2, 0.25) is 5.95 Å². The van der Waals surface area contributed by atoms with E-state index >= 15 is 4.39 Å². The molecule has 0 radical (unpaired) electrons. The molecule has 2 saturated heterocycles. The van der Waals surface area contributed by atoms with Gasteiger partial charge in [0.1, 0.15) is 12.3 Å². The standard InChI is InChI=1S/C28H34F3N5O4/c1-15(2)36-22-8-17(25-20(29)10-33-27(35-25)34-21-6-7-39-13-24(21)37)4-5-19(22)26(38)16(3)23(36)11-32-18-9-28(30,31)14-40-12-18/h4-5,8,10,15,18,21,24,32,37H,6-7,9,11-14H2,1-3H3,(H,33,34,35)/t18?,21-,24-/m1/s1. The second-order valence-electron chi connectivity index (χ2n) is 10.8. The summed E-state index contributed by atoms with van der Waals surface area (Å²) in [6.45, 7) is 6.08. The SMILES string of the molecule is Cc1c(CNC2COCC(F)(F)C2)n(C(C)C)c2cc(-c3nc(N[C@@H]4CCOC[C@H]4O)ncc3F)ccc2c1=O. The molecule has 0 aliphatic carbocycles. The largest absolute Gasteiger partial charge is 0.389 e. The van der Waals surface area contributed by atoms with Crippen LogP contribution < -0.4 is 16.1 Å². The van der Waals surface area contributed by atoms with Crippen molar-refractivity contribution in [2.24, 2.45) is 0 Å². The predicted molar refractivity (Wildman–Crippen MR) is 144 cm³/mol. The third kappa shape index (κ3) is 5.85. The lowest BCUT2D eigenvalue weighted by atomic mass is 10.0. The molecular weight excluding hydrogens is 527 g/mol. The average molecular weight is 562 g/mol. The summed E-state index contributed by atoms with van der Waals surface area (Å²) in [5.41, 5.74) is 2.07. The monoisotopic (exact) mass is 561 g/mol. The number of nitrogens with zero attached hydrogens (tertiary/aromatic N) is 3. The van der Waals surface area contributed by atoms with Gasteiger partial charge in [0.15, 0.2) is 11.2 Å². The summed E-state index contributed by atoms with van der Waals surface area (Å²) in [5.74, 6) is -3.37. The molecule has 5 rings (SSSR count). The van der Waals surface area contributed by atoms with E-state index < -0.39 is 30.5 Å². The highest BCUT2D eigenvalue weighted by molar-refractivity contribution is 5.85. The van der Waals surface area contributed by atoms with Crippen LogP contribution in [0, 0.1) is 12.7 Å². The number of anilines is 1. The fourth-order valence-electron chi connectivity index (χ4n) is 5.43. The van der Waals surface area contributed by atoms with E-state index in [-0.39, 0.29) is 55.3 Å². The van der Waals surface area contributed by atoms with Crippen LogP contribution >= 0.6 is 0 Å². The van der Waals surface area contributed by atoms with Crippen molar-refractivity contribution >= 4 is 16.9 Å². The van der Waals surface area contributed by atoms with Gasteiger partial charge in [0, 0.05) is 53.9 Å². The van der Waals surface area contributed by atoms with Gasteiger partial charge in [-0.3, -0.25) is 4.79 Å². The van der Waals surface area contributed by atoms with Gasteiger partial charge in [-0.15, -0.1) is 0 Å². The number of pyridine rings is 1. The quantitative estimate of drug-likeness (QED) is 0.402. The van der Waals surface area contributed by atoms with Gasteiger partial charge in [-0.1, -0.05) is 6.07 Å². The van der Waals surface area contributed by atoms with E-state index in [9.17, 15) is 18.7 Å². The van der Waals surface area contributed by atoms with E-state index in [1.54, 1.807) is 25.1 Å². The Hall–Kier alpha value is -3.06. The Kier molecular flexibility index (Phi) is 8.14. The molecule has 1 aromatic carbocycles. The van der Waals surface area contributed by atoms with Crippen molar-refractivity contribution in [3.05, 3.63) is 51.7 Å². The molecular formula is C28H34F3N5O4.